The van der Waals surface area contributed by atoms with Gasteiger partial charge in [0.25, 0.3) is 0 Å². The molecule has 1 aromatic carbocycles. The largest absolute Gasteiger partial charge is 0.357 e. The molecule has 1 aliphatic carbocycles. The Balaban J connectivity index is 1.51. The summed E-state index contributed by atoms with van der Waals surface area (Å²) in [4.78, 5) is 19.9. The summed E-state index contributed by atoms with van der Waals surface area (Å²) in [5, 5.41) is 6.69. The Morgan fingerprint density at radius 2 is 1.92 bits per heavy atom. The Morgan fingerprint density at radius 3 is 2.56 bits per heavy atom. The average Bonchev–Trinajstić information content (AvgIpc) is 3.17. The number of likely N-dealkylation sites (tertiary alicyclic amines) is 1. The van der Waals surface area contributed by atoms with Gasteiger partial charge in [0.05, 0.1) is 0 Å². The van der Waals surface area contributed by atoms with E-state index in [1.54, 1.807) is 0 Å². The van der Waals surface area contributed by atoms with Crippen LogP contribution in [0.2, 0.25) is 0 Å². The number of rotatable bonds is 7. The van der Waals surface area contributed by atoms with Gasteiger partial charge in [-0.05, 0) is 44.7 Å². The van der Waals surface area contributed by atoms with Crippen molar-refractivity contribution in [1.82, 2.24) is 15.5 Å². The third-order valence-corrected chi connectivity index (χ3v) is 6.13. The molecular weight excluding hydrogens is 332 g/mol. The summed E-state index contributed by atoms with van der Waals surface area (Å²) in [5.41, 5.74) is 0. The first kappa shape index (κ1) is 18.1. The Hall–Kier alpha value is -1.69. The molecule has 1 heterocycles. The second-order valence-electron chi connectivity index (χ2n) is 6.73. The van der Waals surface area contributed by atoms with Crippen molar-refractivity contribution in [2.45, 2.75) is 42.2 Å². The van der Waals surface area contributed by atoms with Crippen LogP contribution in [0.15, 0.2) is 40.2 Å². The molecule has 1 saturated carbocycles. The number of nitrogens with zero attached hydrogens (tertiary/aromatic N) is 2. The second kappa shape index (κ2) is 8.61. The zero-order chi connectivity index (χ0) is 17.5. The van der Waals surface area contributed by atoms with Crippen LogP contribution >= 0.6 is 11.8 Å². The average molecular weight is 361 g/mol. The van der Waals surface area contributed by atoms with Crippen LogP contribution in [0, 0.1) is 0 Å². The molecule has 0 spiro atoms. The molecule has 0 radical (unpaired) electrons. The summed E-state index contributed by atoms with van der Waals surface area (Å²) in [7, 11) is 0. The van der Waals surface area contributed by atoms with E-state index in [4.69, 9.17) is 0 Å². The van der Waals surface area contributed by atoms with Crippen LogP contribution < -0.4 is 10.6 Å². The third kappa shape index (κ3) is 5.39. The molecule has 0 bridgehead atoms. The molecule has 6 heteroatoms. The fraction of sp³-hybridized carbons (Fsp3) is 0.579. The number of carbonyl (C=O) groups excluding carboxylic acids is 1. The lowest BCUT2D eigenvalue weighted by Crippen LogP contribution is -2.42. The van der Waals surface area contributed by atoms with E-state index >= 15 is 0 Å². The number of thioether (sulfide) groups is 1. The standard InChI is InChI=1S/C19H28N4OS/c1-2-20-18(21-14-17(24)23-12-6-7-13-23)22-15-19(10-11-19)25-16-8-4-3-5-9-16/h3-5,8-9H,2,6-7,10-15H2,1H3,(H2,20,21,22). The first-order valence-electron chi connectivity index (χ1n) is 9.25. The number of guanidine groups is 1. The molecule has 2 fully saturated rings. The Kier molecular flexibility index (Phi) is 6.24. The highest BCUT2D eigenvalue weighted by Crippen LogP contribution is 2.51. The van der Waals surface area contributed by atoms with Gasteiger partial charge in [-0.2, -0.15) is 0 Å². The van der Waals surface area contributed by atoms with Crippen molar-refractivity contribution in [2.75, 3.05) is 32.7 Å². The highest BCUT2D eigenvalue weighted by Gasteiger charge is 2.43. The monoisotopic (exact) mass is 360 g/mol. The van der Waals surface area contributed by atoms with Crippen molar-refractivity contribution in [3.8, 4) is 0 Å². The molecular formula is C19H28N4OS. The molecule has 1 saturated heterocycles. The highest BCUT2D eigenvalue weighted by atomic mass is 32.2. The molecule has 1 aromatic rings. The van der Waals surface area contributed by atoms with Crippen LogP contribution in [-0.4, -0.2) is 54.2 Å². The van der Waals surface area contributed by atoms with E-state index in [-0.39, 0.29) is 17.2 Å². The topological polar surface area (TPSA) is 56.7 Å². The van der Waals surface area contributed by atoms with E-state index in [0.717, 1.165) is 45.0 Å². The van der Waals surface area contributed by atoms with Gasteiger partial charge >= 0.3 is 0 Å². The minimum Gasteiger partial charge on any atom is -0.357 e. The summed E-state index contributed by atoms with van der Waals surface area (Å²) in [6.07, 6.45) is 4.66. The SMILES string of the molecule is CCNC(=NCC(=O)N1CCCC1)NCC1(Sc2ccccc2)CC1. The smallest absolute Gasteiger partial charge is 0.244 e. The maximum absolute atomic E-state index is 12.2. The zero-order valence-corrected chi connectivity index (χ0v) is 15.8. The molecule has 25 heavy (non-hydrogen) atoms. The second-order valence-corrected chi connectivity index (χ2v) is 8.28. The fourth-order valence-corrected chi connectivity index (χ4v) is 4.24. The van der Waals surface area contributed by atoms with E-state index in [0.29, 0.717) is 0 Å². The van der Waals surface area contributed by atoms with E-state index in [1.165, 1.54) is 17.7 Å². The van der Waals surface area contributed by atoms with Gasteiger partial charge in [-0.3, -0.25) is 4.79 Å². The van der Waals surface area contributed by atoms with Crippen LogP contribution in [0.25, 0.3) is 0 Å². The minimum atomic E-state index is 0.134. The summed E-state index contributed by atoms with van der Waals surface area (Å²) in [6.45, 7) is 5.71. The van der Waals surface area contributed by atoms with Crippen molar-refractivity contribution in [2.24, 2.45) is 4.99 Å². The number of aliphatic imine (C=N–C) groups is 1. The van der Waals surface area contributed by atoms with Crippen molar-refractivity contribution in [3.63, 3.8) is 0 Å². The van der Waals surface area contributed by atoms with Crippen LogP contribution in [0.4, 0.5) is 0 Å². The molecule has 0 unspecified atom stereocenters. The first-order chi connectivity index (χ1) is 12.2. The Morgan fingerprint density at radius 1 is 1.20 bits per heavy atom. The van der Waals surface area contributed by atoms with E-state index in [2.05, 4.69) is 46.0 Å². The number of amides is 1. The molecule has 3 rings (SSSR count). The normalized spacial score (nSPS) is 18.9. The maximum Gasteiger partial charge on any atom is 0.244 e. The lowest BCUT2D eigenvalue weighted by molar-refractivity contribution is -0.128. The van der Waals surface area contributed by atoms with Crippen LogP contribution in [0.3, 0.4) is 0 Å². The van der Waals surface area contributed by atoms with Crippen LogP contribution in [0.1, 0.15) is 32.6 Å². The van der Waals surface area contributed by atoms with Gasteiger partial charge in [0.2, 0.25) is 5.91 Å². The molecule has 5 nitrogen and oxygen atoms in total. The van der Waals surface area contributed by atoms with E-state index in [1.807, 2.05) is 23.6 Å². The van der Waals surface area contributed by atoms with Gasteiger partial charge in [0.1, 0.15) is 6.54 Å². The van der Waals surface area contributed by atoms with E-state index < -0.39 is 0 Å². The van der Waals surface area contributed by atoms with Crippen molar-refractivity contribution >= 4 is 23.6 Å². The summed E-state index contributed by atoms with van der Waals surface area (Å²) in [5.74, 6) is 0.879. The quantitative estimate of drug-likeness (QED) is 0.579. The number of hydrogen-bond donors (Lipinski definition) is 2. The van der Waals surface area contributed by atoms with Gasteiger partial charge < -0.3 is 15.5 Å². The predicted molar refractivity (Wildman–Crippen MR) is 104 cm³/mol. The van der Waals surface area contributed by atoms with Crippen LogP contribution in [0.5, 0.6) is 0 Å². The highest BCUT2D eigenvalue weighted by molar-refractivity contribution is 8.01. The van der Waals surface area contributed by atoms with Gasteiger partial charge in [-0.1, -0.05) is 18.2 Å². The van der Waals surface area contributed by atoms with Gasteiger partial charge in [0, 0.05) is 35.8 Å². The number of carbonyl (C=O) groups is 1. The minimum absolute atomic E-state index is 0.134. The predicted octanol–water partition coefficient (Wildman–Crippen LogP) is 2.49. The Bertz CT molecular complexity index is 595. The van der Waals surface area contributed by atoms with Crippen molar-refractivity contribution in [3.05, 3.63) is 30.3 Å². The molecule has 2 aliphatic rings. The lowest BCUT2D eigenvalue weighted by Gasteiger charge is -2.19. The number of benzene rings is 1. The van der Waals surface area contributed by atoms with Gasteiger partial charge in [-0.15, -0.1) is 11.8 Å². The van der Waals surface area contributed by atoms with Gasteiger partial charge in [-0.25, -0.2) is 4.99 Å². The zero-order valence-electron chi connectivity index (χ0n) is 15.0. The third-order valence-electron chi connectivity index (χ3n) is 4.64. The summed E-state index contributed by atoms with van der Waals surface area (Å²) < 4.78 is 0.260. The number of hydrogen-bond acceptors (Lipinski definition) is 3. The van der Waals surface area contributed by atoms with Crippen molar-refractivity contribution < 1.29 is 4.79 Å². The maximum atomic E-state index is 12.2. The number of nitrogens with one attached hydrogen (secondary N) is 2. The molecule has 2 N–H and O–H groups in total. The Labute approximate surface area is 154 Å². The van der Waals surface area contributed by atoms with E-state index in [9.17, 15) is 4.79 Å². The van der Waals surface area contributed by atoms with Gasteiger partial charge in [0.15, 0.2) is 5.96 Å². The van der Waals surface area contributed by atoms with Crippen molar-refractivity contribution in [1.29, 1.82) is 0 Å². The summed E-state index contributed by atoms with van der Waals surface area (Å²) in [6, 6.07) is 10.6. The first-order valence-corrected chi connectivity index (χ1v) is 10.1. The molecule has 1 amide bonds. The molecule has 136 valence electrons. The molecule has 0 aromatic heterocycles. The fourth-order valence-electron chi connectivity index (χ4n) is 2.99. The summed E-state index contributed by atoms with van der Waals surface area (Å²) >= 11 is 1.94. The molecule has 0 atom stereocenters. The van der Waals surface area contributed by atoms with Crippen LogP contribution in [-0.2, 0) is 4.79 Å². The lowest BCUT2D eigenvalue weighted by atomic mass is 10.4. The molecule has 1 aliphatic heterocycles.